The third kappa shape index (κ3) is 3.89. The lowest BCUT2D eigenvalue weighted by Crippen LogP contribution is -2.52. The number of carbonyl (C=O) groups excluding carboxylic acids is 2. The summed E-state index contributed by atoms with van der Waals surface area (Å²) >= 11 is 0. The number of ether oxygens (including phenoxy) is 4. The Morgan fingerprint density at radius 1 is 1.16 bits per heavy atom. The second-order valence-corrected chi connectivity index (χ2v) is 6.69. The first-order valence-electron chi connectivity index (χ1n) is 8.44. The molecule has 138 valence electrons. The number of benzene rings is 1. The van der Waals surface area contributed by atoms with Gasteiger partial charge in [0.15, 0.2) is 12.2 Å². The molecule has 0 N–H and O–H groups in total. The van der Waals surface area contributed by atoms with Crippen molar-refractivity contribution >= 4 is 11.9 Å². The summed E-state index contributed by atoms with van der Waals surface area (Å²) in [5.41, 5.74) is 0.732. The maximum atomic E-state index is 11.7. The molecule has 1 aliphatic rings. The summed E-state index contributed by atoms with van der Waals surface area (Å²) in [7, 11) is 1.57. The zero-order valence-corrected chi connectivity index (χ0v) is 15.7. The second-order valence-electron chi connectivity index (χ2n) is 6.69. The number of esters is 2. The number of rotatable bonds is 5. The Morgan fingerprint density at radius 3 is 2.32 bits per heavy atom. The van der Waals surface area contributed by atoms with Crippen LogP contribution in [-0.4, -0.2) is 30.8 Å². The summed E-state index contributed by atoms with van der Waals surface area (Å²) in [6.45, 7) is 8.32. The molecule has 1 aromatic carbocycles. The molecular weight excluding hydrogens is 324 g/mol. The van der Waals surface area contributed by atoms with Crippen molar-refractivity contribution in [2.45, 2.75) is 65.3 Å². The van der Waals surface area contributed by atoms with Crippen LogP contribution in [0.3, 0.4) is 0 Å². The number of fused-ring (bicyclic) bond motifs is 1. The maximum Gasteiger partial charge on any atom is 0.303 e. The lowest BCUT2D eigenvalue weighted by atomic mass is 9.86. The maximum absolute atomic E-state index is 11.7. The number of aryl methyl sites for hydroxylation is 1. The van der Waals surface area contributed by atoms with Gasteiger partial charge < -0.3 is 18.9 Å². The summed E-state index contributed by atoms with van der Waals surface area (Å²) in [5, 5.41) is 0. The van der Waals surface area contributed by atoms with E-state index in [1.165, 1.54) is 13.8 Å². The van der Waals surface area contributed by atoms with Crippen LogP contribution in [0.2, 0.25) is 0 Å². The summed E-state index contributed by atoms with van der Waals surface area (Å²) in [5.74, 6) is 0.245. The van der Waals surface area contributed by atoms with Crippen LogP contribution in [0.25, 0.3) is 0 Å². The Morgan fingerprint density at radius 2 is 1.80 bits per heavy atom. The summed E-state index contributed by atoms with van der Waals surface area (Å²) < 4.78 is 22.7. The van der Waals surface area contributed by atoms with Gasteiger partial charge in [-0.25, -0.2) is 0 Å². The Hall–Kier alpha value is -2.24. The quantitative estimate of drug-likeness (QED) is 0.759. The van der Waals surface area contributed by atoms with Crippen LogP contribution in [0.1, 0.15) is 58.3 Å². The van der Waals surface area contributed by atoms with Gasteiger partial charge in [0.05, 0.1) is 12.7 Å². The zero-order chi connectivity index (χ0) is 18.8. The molecule has 1 heterocycles. The Balaban J connectivity index is 2.65. The molecule has 0 saturated carbocycles. The number of hydrogen-bond acceptors (Lipinski definition) is 6. The average molecular weight is 350 g/mol. The molecule has 25 heavy (non-hydrogen) atoms. The molecular formula is C19H26O6. The van der Waals surface area contributed by atoms with Crippen LogP contribution in [0, 0.1) is 0 Å². The van der Waals surface area contributed by atoms with E-state index in [4.69, 9.17) is 18.9 Å². The van der Waals surface area contributed by atoms with Crippen molar-refractivity contribution in [3.05, 3.63) is 23.3 Å². The standard InChI is InChI=1S/C19H26O6/c1-7-8-13-9-10-14-15(16(13)22-6)17(23-11(2)20)18(24-12(3)21)19(4,5)25-14/h9-10,17-18H,7-8H2,1-6H3/t17-,18-/m1/s1. The Kier molecular flexibility index (Phi) is 5.60. The van der Waals surface area contributed by atoms with Gasteiger partial charge in [-0.1, -0.05) is 19.4 Å². The molecule has 1 aliphatic heterocycles. The molecule has 0 spiro atoms. The van der Waals surface area contributed by atoms with E-state index in [2.05, 4.69) is 6.92 Å². The van der Waals surface area contributed by atoms with E-state index in [9.17, 15) is 9.59 Å². The third-order valence-corrected chi connectivity index (χ3v) is 4.16. The first-order valence-corrected chi connectivity index (χ1v) is 8.44. The molecule has 1 aromatic rings. The van der Waals surface area contributed by atoms with Gasteiger partial charge in [0.1, 0.15) is 17.1 Å². The topological polar surface area (TPSA) is 71.1 Å². The SMILES string of the molecule is CCCc1ccc2c(c1OC)[C@@H](OC(C)=O)[C@@H](OC(C)=O)C(C)(C)O2. The molecule has 0 fully saturated rings. The van der Waals surface area contributed by atoms with Crippen LogP contribution < -0.4 is 9.47 Å². The van der Waals surface area contributed by atoms with E-state index >= 15 is 0 Å². The van der Waals surface area contributed by atoms with Crippen LogP contribution >= 0.6 is 0 Å². The number of methoxy groups -OCH3 is 1. The van der Waals surface area contributed by atoms with E-state index in [0.717, 1.165) is 18.4 Å². The molecule has 0 unspecified atom stereocenters. The Bertz CT molecular complexity index is 664. The van der Waals surface area contributed by atoms with Crippen LogP contribution in [0.4, 0.5) is 0 Å². The highest BCUT2D eigenvalue weighted by atomic mass is 16.6. The molecule has 0 bridgehead atoms. The molecule has 2 rings (SSSR count). The molecule has 0 amide bonds. The predicted octanol–water partition coefficient (Wildman–Crippen LogP) is 3.35. The number of hydrogen-bond donors (Lipinski definition) is 0. The summed E-state index contributed by atoms with van der Waals surface area (Å²) in [6, 6.07) is 3.80. The third-order valence-electron chi connectivity index (χ3n) is 4.16. The van der Waals surface area contributed by atoms with Crippen molar-refractivity contribution in [2.75, 3.05) is 7.11 Å². The van der Waals surface area contributed by atoms with Crippen molar-refractivity contribution in [2.24, 2.45) is 0 Å². The highest BCUT2D eigenvalue weighted by molar-refractivity contribution is 5.69. The Labute approximate surface area is 148 Å². The van der Waals surface area contributed by atoms with Crippen molar-refractivity contribution in [1.29, 1.82) is 0 Å². The van der Waals surface area contributed by atoms with Crippen LogP contribution in [0.5, 0.6) is 11.5 Å². The van der Waals surface area contributed by atoms with Crippen LogP contribution in [-0.2, 0) is 25.5 Å². The normalized spacial score (nSPS) is 20.9. The fourth-order valence-electron chi connectivity index (χ4n) is 3.23. The lowest BCUT2D eigenvalue weighted by Gasteiger charge is -2.43. The first kappa shape index (κ1) is 19.1. The van der Waals surface area contributed by atoms with E-state index in [0.29, 0.717) is 17.1 Å². The largest absolute Gasteiger partial charge is 0.496 e. The molecule has 0 saturated heterocycles. The van der Waals surface area contributed by atoms with Gasteiger partial charge in [0.25, 0.3) is 0 Å². The van der Waals surface area contributed by atoms with Gasteiger partial charge >= 0.3 is 11.9 Å². The minimum atomic E-state index is -0.865. The van der Waals surface area contributed by atoms with Crippen LogP contribution in [0.15, 0.2) is 12.1 Å². The smallest absolute Gasteiger partial charge is 0.303 e. The minimum absolute atomic E-state index is 0.464. The second kappa shape index (κ2) is 7.33. The van der Waals surface area contributed by atoms with Gasteiger partial charge in [-0.3, -0.25) is 9.59 Å². The predicted molar refractivity (Wildman–Crippen MR) is 91.8 cm³/mol. The molecule has 0 aromatic heterocycles. The van der Waals surface area contributed by atoms with Crippen molar-refractivity contribution in [1.82, 2.24) is 0 Å². The van der Waals surface area contributed by atoms with Gasteiger partial charge in [-0.15, -0.1) is 0 Å². The lowest BCUT2D eigenvalue weighted by molar-refractivity contribution is -0.188. The fourth-order valence-corrected chi connectivity index (χ4v) is 3.23. The molecule has 0 aliphatic carbocycles. The van der Waals surface area contributed by atoms with E-state index in [1.807, 2.05) is 12.1 Å². The fraction of sp³-hybridized carbons (Fsp3) is 0.579. The molecule has 0 radical (unpaired) electrons. The summed E-state index contributed by atoms with van der Waals surface area (Å²) in [4.78, 5) is 23.3. The zero-order valence-electron chi connectivity index (χ0n) is 15.7. The van der Waals surface area contributed by atoms with Gasteiger partial charge in [0.2, 0.25) is 0 Å². The highest BCUT2D eigenvalue weighted by Gasteiger charge is 2.49. The highest BCUT2D eigenvalue weighted by Crippen LogP contribution is 2.48. The molecule has 2 atom stereocenters. The summed E-state index contributed by atoms with van der Waals surface area (Å²) in [6.07, 6.45) is 0.164. The molecule has 6 nitrogen and oxygen atoms in total. The minimum Gasteiger partial charge on any atom is -0.496 e. The van der Waals surface area contributed by atoms with Crippen molar-refractivity contribution in [3.8, 4) is 11.5 Å². The monoisotopic (exact) mass is 350 g/mol. The van der Waals surface area contributed by atoms with E-state index in [1.54, 1.807) is 21.0 Å². The van der Waals surface area contributed by atoms with Gasteiger partial charge in [-0.05, 0) is 31.9 Å². The van der Waals surface area contributed by atoms with E-state index in [-0.39, 0.29) is 0 Å². The first-order chi connectivity index (χ1) is 11.7. The van der Waals surface area contributed by atoms with Gasteiger partial charge in [0, 0.05) is 13.8 Å². The van der Waals surface area contributed by atoms with Crippen molar-refractivity contribution < 1.29 is 28.5 Å². The van der Waals surface area contributed by atoms with E-state index < -0.39 is 29.7 Å². The number of carbonyl (C=O) groups is 2. The van der Waals surface area contributed by atoms with Gasteiger partial charge in [-0.2, -0.15) is 0 Å². The van der Waals surface area contributed by atoms with Crippen molar-refractivity contribution in [3.63, 3.8) is 0 Å². The molecule has 6 heteroatoms. The average Bonchev–Trinajstić information content (AvgIpc) is 2.50.